The predicted octanol–water partition coefficient (Wildman–Crippen LogP) is 4.62. The minimum Gasteiger partial charge on any atom is -0.415 e. The van der Waals surface area contributed by atoms with Crippen LogP contribution in [-0.2, 0) is 4.43 Å². The Morgan fingerprint density at radius 1 is 1.00 bits per heavy atom. The van der Waals surface area contributed by atoms with Gasteiger partial charge in [-0.25, -0.2) is 0 Å². The van der Waals surface area contributed by atoms with E-state index in [2.05, 4.69) is 63.1 Å². The molecule has 0 N–H and O–H groups in total. The quantitative estimate of drug-likeness (QED) is 0.721. The zero-order valence-corrected chi connectivity index (χ0v) is 15.8. The third kappa shape index (κ3) is 4.57. The normalized spacial score (nSPS) is 24.1. The van der Waals surface area contributed by atoms with Crippen LogP contribution in [0.1, 0.15) is 19.3 Å². The lowest BCUT2D eigenvalue weighted by Crippen LogP contribution is -2.42. The summed E-state index contributed by atoms with van der Waals surface area (Å²) in [6.45, 7) is 12.0. The van der Waals surface area contributed by atoms with E-state index in [4.69, 9.17) is 4.43 Å². The summed E-state index contributed by atoms with van der Waals surface area (Å²) in [5.74, 6) is 0.887. The molecule has 2 rings (SSSR count). The second kappa shape index (κ2) is 6.16. The van der Waals surface area contributed by atoms with Crippen molar-refractivity contribution in [3.8, 4) is 0 Å². The monoisotopic (exact) mass is 306 g/mol. The zero-order chi connectivity index (χ0) is 14.8. The topological polar surface area (TPSA) is 9.23 Å². The van der Waals surface area contributed by atoms with E-state index in [0.717, 1.165) is 5.92 Å². The van der Waals surface area contributed by atoms with Gasteiger partial charge in [-0.05, 0) is 44.8 Å². The molecule has 0 bridgehead atoms. The molecule has 0 amide bonds. The fraction of sp³-hybridized carbons (Fsp3) is 0.647. The number of rotatable bonds is 5. The largest absolute Gasteiger partial charge is 0.415 e. The van der Waals surface area contributed by atoms with Crippen LogP contribution in [0.5, 0.6) is 0 Å². The van der Waals surface area contributed by atoms with Gasteiger partial charge in [0, 0.05) is 6.10 Å². The van der Waals surface area contributed by atoms with Crippen molar-refractivity contribution >= 4 is 21.6 Å². The van der Waals surface area contributed by atoms with Gasteiger partial charge in [0.2, 0.25) is 0 Å². The van der Waals surface area contributed by atoms with Gasteiger partial charge in [0.15, 0.2) is 8.32 Å². The zero-order valence-electron chi connectivity index (χ0n) is 13.8. The van der Waals surface area contributed by atoms with Crippen LogP contribution in [0.25, 0.3) is 0 Å². The lowest BCUT2D eigenvalue weighted by molar-refractivity contribution is 0.198. The van der Waals surface area contributed by atoms with Gasteiger partial charge in [-0.2, -0.15) is 0 Å². The predicted molar refractivity (Wildman–Crippen MR) is 93.9 cm³/mol. The Bertz CT molecular complexity index is 422. The van der Waals surface area contributed by atoms with Crippen LogP contribution in [0.15, 0.2) is 30.3 Å². The molecule has 1 aliphatic rings. The Hall–Kier alpha value is -0.386. The van der Waals surface area contributed by atoms with Crippen molar-refractivity contribution in [2.24, 2.45) is 5.92 Å². The van der Waals surface area contributed by atoms with E-state index in [1.54, 1.807) is 5.19 Å². The van der Waals surface area contributed by atoms with E-state index in [0.29, 0.717) is 6.10 Å². The van der Waals surface area contributed by atoms with Crippen LogP contribution in [0.4, 0.5) is 0 Å². The molecule has 1 aromatic rings. The van der Waals surface area contributed by atoms with Gasteiger partial charge in [0.25, 0.3) is 0 Å². The summed E-state index contributed by atoms with van der Waals surface area (Å²) in [6.07, 6.45) is 4.51. The molecule has 2 unspecified atom stereocenters. The van der Waals surface area contributed by atoms with Crippen molar-refractivity contribution in [2.45, 2.75) is 64.1 Å². The maximum atomic E-state index is 6.30. The molecule has 1 saturated carbocycles. The standard InChI is InChI=1S/C17H30OSi2/c1-19(2,3)18-16-12-11-15(13-16)14-20(4,5)17-9-7-6-8-10-17/h6-10,15-16H,11-14H2,1-5H3. The first-order valence-corrected chi connectivity index (χ1v) is 14.6. The van der Waals surface area contributed by atoms with Crippen molar-refractivity contribution in [2.75, 3.05) is 0 Å². The Morgan fingerprint density at radius 3 is 2.25 bits per heavy atom. The first kappa shape index (κ1) is 16.0. The first-order chi connectivity index (χ1) is 9.26. The minimum atomic E-state index is -1.36. The summed E-state index contributed by atoms with van der Waals surface area (Å²) in [5, 5.41) is 1.61. The van der Waals surface area contributed by atoms with E-state index >= 15 is 0 Å². The Balaban J connectivity index is 1.92. The minimum absolute atomic E-state index is 0.548. The van der Waals surface area contributed by atoms with Crippen molar-refractivity contribution in [3.05, 3.63) is 30.3 Å². The van der Waals surface area contributed by atoms with E-state index in [1.165, 1.54) is 25.3 Å². The van der Waals surface area contributed by atoms with Crippen molar-refractivity contribution < 1.29 is 4.43 Å². The summed E-state index contributed by atoms with van der Waals surface area (Å²) in [5.41, 5.74) is 0. The number of hydrogen-bond acceptors (Lipinski definition) is 1. The average Bonchev–Trinajstić information content (AvgIpc) is 2.74. The van der Waals surface area contributed by atoms with Gasteiger partial charge in [0.1, 0.15) is 0 Å². The van der Waals surface area contributed by atoms with Crippen LogP contribution < -0.4 is 5.19 Å². The molecule has 3 heteroatoms. The maximum absolute atomic E-state index is 6.30. The van der Waals surface area contributed by atoms with Crippen molar-refractivity contribution in [1.29, 1.82) is 0 Å². The van der Waals surface area contributed by atoms with Crippen LogP contribution in [-0.4, -0.2) is 22.5 Å². The highest BCUT2D eigenvalue weighted by molar-refractivity contribution is 6.89. The summed E-state index contributed by atoms with van der Waals surface area (Å²) in [4.78, 5) is 0. The third-order valence-corrected chi connectivity index (χ3v) is 8.90. The summed E-state index contributed by atoms with van der Waals surface area (Å²) in [6, 6.07) is 12.6. The molecule has 20 heavy (non-hydrogen) atoms. The molecule has 112 valence electrons. The lowest BCUT2D eigenvalue weighted by atomic mass is 10.1. The van der Waals surface area contributed by atoms with E-state index in [1.807, 2.05) is 0 Å². The second-order valence-electron chi connectivity index (χ2n) is 7.99. The van der Waals surface area contributed by atoms with Crippen molar-refractivity contribution in [3.63, 3.8) is 0 Å². The van der Waals surface area contributed by atoms with Gasteiger partial charge in [-0.1, -0.05) is 54.7 Å². The highest BCUT2D eigenvalue weighted by Crippen LogP contribution is 2.35. The molecule has 0 aromatic heterocycles. The van der Waals surface area contributed by atoms with Crippen LogP contribution in [0, 0.1) is 5.92 Å². The first-order valence-electron chi connectivity index (χ1n) is 8.00. The Kier molecular flexibility index (Phi) is 4.93. The second-order valence-corrected chi connectivity index (χ2v) is 17.2. The molecule has 0 radical (unpaired) electrons. The van der Waals surface area contributed by atoms with Gasteiger partial charge in [-0.15, -0.1) is 0 Å². The fourth-order valence-electron chi connectivity index (χ4n) is 3.55. The molecule has 0 heterocycles. The van der Waals surface area contributed by atoms with Crippen molar-refractivity contribution in [1.82, 2.24) is 0 Å². The molecule has 0 aliphatic heterocycles. The SMILES string of the molecule is C[Si](C)(C)OC1CCC(C[Si](C)(C)c2ccccc2)C1. The molecule has 1 fully saturated rings. The van der Waals surface area contributed by atoms with Gasteiger partial charge >= 0.3 is 0 Å². The molecular formula is C17H30OSi2. The number of hydrogen-bond donors (Lipinski definition) is 0. The summed E-state index contributed by atoms with van der Waals surface area (Å²) < 4.78 is 6.30. The van der Waals surface area contributed by atoms with Gasteiger partial charge < -0.3 is 4.43 Å². The van der Waals surface area contributed by atoms with Crippen LogP contribution in [0.2, 0.25) is 38.8 Å². The van der Waals surface area contributed by atoms with E-state index in [9.17, 15) is 0 Å². The summed E-state index contributed by atoms with van der Waals surface area (Å²) in [7, 11) is -2.64. The fourth-order valence-corrected chi connectivity index (χ4v) is 7.91. The van der Waals surface area contributed by atoms with Gasteiger partial charge in [-0.3, -0.25) is 0 Å². The molecule has 0 spiro atoms. The Morgan fingerprint density at radius 2 is 1.65 bits per heavy atom. The third-order valence-electron chi connectivity index (χ3n) is 4.37. The molecule has 0 saturated heterocycles. The maximum Gasteiger partial charge on any atom is 0.184 e. The van der Waals surface area contributed by atoms with Crippen LogP contribution in [0.3, 0.4) is 0 Å². The average molecular weight is 307 g/mol. The van der Waals surface area contributed by atoms with E-state index < -0.39 is 16.4 Å². The molecule has 2 atom stereocenters. The molecular weight excluding hydrogens is 276 g/mol. The van der Waals surface area contributed by atoms with Crippen LogP contribution >= 0.6 is 0 Å². The molecule has 1 aliphatic carbocycles. The summed E-state index contributed by atoms with van der Waals surface area (Å²) >= 11 is 0. The highest BCUT2D eigenvalue weighted by atomic mass is 28.4. The van der Waals surface area contributed by atoms with E-state index in [-0.39, 0.29) is 0 Å². The molecule has 1 nitrogen and oxygen atoms in total. The Labute approximate surface area is 126 Å². The number of benzene rings is 1. The smallest absolute Gasteiger partial charge is 0.184 e. The molecule has 1 aromatic carbocycles. The lowest BCUT2D eigenvalue weighted by Gasteiger charge is -2.27. The van der Waals surface area contributed by atoms with Gasteiger partial charge in [0.05, 0.1) is 8.07 Å². The highest BCUT2D eigenvalue weighted by Gasteiger charge is 2.34.